The highest BCUT2D eigenvalue weighted by atomic mass is 16.4. The summed E-state index contributed by atoms with van der Waals surface area (Å²) in [4.78, 5) is 22.8. The molecule has 114 valence electrons. The average molecular weight is 282 g/mol. The van der Waals surface area contributed by atoms with Gasteiger partial charge in [0.05, 0.1) is 5.92 Å². The number of carboxylic acids is 1. The number of hydrogen-bond acceptors (Lipinski definition) is 2. The Hall–Kier alpha value is -1.26. The van der Waals surface area contributed by atoms with Crippen LogP contribution in [0.15, 0.2) is 0 Å². The Morgan fingerprint density at radius 1 is 1.15 bits per heavy atom. The summed E-state index contributed by atoms with van der Waals surface area (Å²) in [5.41, 5.74) is 0.262. The molecule has 0 radical (unpaired) electrons. The van der Waals surface area contributed by atoms with Crippen LogP contribution in [0, 0.1) is 11.3 Å². The van der Waals surface area contributed by atoms with E-state index >= 15 is 0 Å². The summed E-state index contributed by atoms with van der Waals surface area (Å²) in [5, 5.41) is 14.9. The summed E-state index contributed by atoms with van der Waals surface area (Å²) in [6.07, 6.45) is 7.77. The number of aliphatic carboxylic acids is 1. The van der Waals surface area contributed by atoms with Gasteiger partial charge >= 0.3 is 12.0 Å². The van der Waals surface area contributed by atoms with E-state index in [1.54, 1.807) is 0 Å². The lowest BCUT2D eigenvalue weighted by Crippen LogP contribution is -2.46. The van der Waals surface area contributed by atoms with Crippen LogP contribution < -0.4 is 10.6 Å². The molecule has 5 heteroatoms. The third-order valence-corrected chi connectivity index (χ3v) is 4.90. The van der Waals surface area contributed by atoms with Crippen molar-refractivity contribution in [2.45, 2.75) is 64.3 Å². The van der Waals surface area contributed by atoms with Crippen LogP contribution in [0.4, 0.5) is 4.79 Å². The van der Waals surface area contributed by atoms with Crippen molar-refractivity contribution in [1.29, 1.82) is 0 Å². The van der Waals surface area contributed by atoms with Crippen LogP contribution in [0.2, 0.25) is 0 Å². The third-order valence-electron chi connectivity index (χ3n) is 4.90. The molecule has 2 rings (SSSR count). The summed E-state index contributed by atoms with van der Waals surface area (Å²) < 4.78 is 0. The van der Waals surface area contributed by atoms with E-state index in [0.29, 0.717) is 12.8 Å². The fourth-order valence-electron chi connectivity index (χ4n) is 3.42. The Morgan fingerprint density at radius 3 is 2.30 bits per heavy atom. The van der Waals surface area contributed by atoms with Gasteiger partial charge in [0.1, 0.15) is 0 Å². The fraction of sp³-hybridized carbons (Fsp3) is 0.867. The normalized spacial score (nSPS) is 28.9. The maximum atomic E-state index is 11.9. The first-order valence-electron chi connectivity index (χ1n) is 7.76. The van der Waals surface area contributed by atoms with E-state index in [-0.39, 0.29) is 23.4 Å². The van der Waals surface area contributed by atoms with Crippen molar-refractivity contribution in [2.24, 2.45) is 11.3 Å². The Kier molecular flexibility index (Phi) is 4.89. The van der Waals surface area contributed by atoms with E-state index in [9.17, 15) is 9.59 Å². The standard InChI is InChI=1S/C15H26N2O3/c1-15(8-2-3-9-15)10-16-14(20)17-12-6-4-11(5-7-12)13(18)19/h11-12H,2-10H2,1H3,(H,18,19)(H2,16,17,20). The maximum absolute atomic E-state index is 11.9. The van der Waals surface area contributed by atoms with Crippen molar-refractivity contribution in [3.05, 3.63) is 0 Å². The molecule has 2 saturated carbocycles. The number of carbonyl (C=O) groups is 2. The summed E-state index contributed by atoms with van der Waals surface area (Å²) in [7, 11) is 0. The van der Waals surface area contributed by atoms with Crippen molar-refractivity contribution < 1.29 is 14.7 Å². The van der Waals surface area contributed by atoms with Crippen molar-refractivity contribution in [3.8, 4) is 0 Å². The number of carboxylic acid groups (broad SMARTS) is 1. The number of carbonyl (C=O) groups excluding carboxylic acids is 1. The van der Waals surface area contributed by atoms with Crippen molar-refractivity contribution in [2.75, 3.05) is 6.54 Å². The van der Waals surface area contributed by atoms with Gasteiger partial charge in [-0.25, -0.2) is 4.79 Å². The second-order valence-electron chi connectivity index (χ2n) is 6.73. The second kappa shape index (κ2) is 6.46. The van der Waals surface area contributed by atoms with Gasteiger partial charge in [0.2, 0.25) is 0 Å². The van der Waals surface area contributed by atoms with Gasteiger partial charge in [-0.2, -0.15) is 0 Å². The molecule has 2 fully saturated rings. The molecule has 5 nitrogen and oxygen atoms in total. The molecule has 2 aliphatic rings. The van der Waals surface area contributed by atoms with E-state index in [4.69, 9.17) is 5.11 Å². The molecule has 0 saturated heterocycles. The lowest BCUT2D eigenvalue weighted by molar-refractivity contribution is -0.142. The van der Waals surface area contributed by atoms with Gasteiger partial charge in [-0.3, -0.25) is 4.79 Å². The SMILES string of the molecule is CC1(CNC(=O)NC2CCC(C(=O)O)CC2)CCCC1. The van der Waals surface area contributed by atoms with Crippen LogP contribution in [0.1, 0.15) is 58.3 Å². The molecule has 0 unspecified atom stereocenters. The van der Waals surface area contributed by atoms with Crippen molar-refractivity contribution in [1.82, 2.24) is 10.6 Å². The van der Waals surface area contributed by atoms with Gasteiger partial charge in [0, 0.05) is 12.6 Å². The molecule has 0 bridgehead atoms. The number of amides is 2. The largest absolute Gasteiger partial charge is 0.481 e. The second-order valence-corrected chi connectivity index (χ2v) is 6.73. The van der Waals surface area contributed by atoms with Crippen LogP contribution in [-0.4, -0.2) is 29.7 Å². The number of hydrogen-bond donors (Lipinski definition) is 3. The van der Waals surface area contributed by atoms with E-state index in [0.717, 1.165) is 19.4 Å². The maximum Gasteiger partial charge on any atom is 0.315 e. The van der Waals surface area contributed by atoms with Crippen LogP contribution in [0.5, 0.6) is 0 Å². The predicted octanol–water partition coefficient (Wildman–Crippen LogP) is 2.51. The summed E-state index contributed by atoms with van der Waals surface area (Å²) in [6, 6.07) is 0.0267. The molecular formula is C15H26N2O3. The fourth-order valence-corrected chi connectivity index (χ4v) is 3.42. The van der Waals surface area contributed by atoms with Crippen molar-refractivity contribution in [3.63, 3.8) is 0 Å². The number of urea groups is 1. The molecule has 20 heavy (non-hydrogen) atoms. The van der Waals surface area contributed by atoms with Gasteiger partial charge in [-0.05, 0) is 43.9 Å². The highest BCUT2D eigenvalue weighted by Crippen LogP contribution is 2.36. The first kappa shape index (κ1) is 15.1. The zero-order valence-corrected chi connectivity index (χ0v) is 12.3. The van der Waals surface area contributed by atoms with E-state index in [1.807, 2.05) is 0 Å². The highest BCUT2D eigenvalue weighted by Gasteiger charge is 2.30. The van der Waals surface area contributed by atoms with Crippen LogP contribution in [0.3, 0.4) is 0 Å². The molecule has 0 spiro atoms. The van der Waals surface area contributed by atoms with Gasteiger partial charge in [-0.15, -0.1) is 0 Å². The number of nitrogens with one attached hydrogen (secondary N) is 2. The van der Waals surface area contributed by atoms with E-state index in [2.05, 4.69) is 17.6 Å². The van der Waals surface area contributed by atoms with Gasteiger partial charge in [0.15, 0.2) is 0 Å². The van der Waals surface area contributed by atoms with Crippen molar-refractivity contribution >= 4 is 12.0 Å². The van der Waals surface area contributed by atoms with Crippen LogP contribution in [0.25, 0.3) is 0 Å². The van der Waals surface area contributed by atoms with Crippen LogP contribution in [-0.2, 0) is 4.79 Å². The Morgan fingerprint density at radius 2 is 1.75 bits per heavy atom. The zero-order chi connectivity index (χ0) is 14.6. The quantitative estimate of drug-likeness (QED) is 0.741. The summed E-state index contributed by atoms with van der Waals surface area (Å²) in [5.74, 6) is -0.935. The zero-order valence-electron chi connectivity index (χ0n) is 12.3. The predicted molar refractivity (Wildman–Crippen MR) is 76.5 cm³/mol. The molecular weight excluding hydrogens is 256 g/mol. The average Bonchev–Trinajstić information content (AvgIpc) is 2.85. The first-order chi connectivity index (χ1) is 9.48. The molecule has 0 aliphatic heterocycles. The van der Waals surface area contributed by atoms with Gasteiger partial charge in [-0.1, -0.05) is 19.8 Å². The number of rotatable bonds is 4. The minimum Gasteiger partial charge on any atom is -0.481 e. The topological polar surface area (TPSA) is 78.4 Å². The van der Waals surface area contributed by atoms with Crippen LogP contribution >= 0.6 is 0 Å². The van der Waals surface area contributed by atoms with Gasteiger partial charge in [0.25, 0.3) is 0 Å². The third kappa shape index (κ3) is 4.12. The van der Waals surface area contributed by atoms with E-state index in [1.165, 1.54) is 25.7 Å². The Balaban J connectivity index is 1.66. The molecule has 0 heterocycles. The molecule has 0 aromatic carbocycles. The van der Waals surface area contributed by atoms with E-state index < -0.39 is 5.97 Å². The molecule has 2 aliphatic carbocycles. The highest BCUT2D eigenvalue weighted by molar-refractivity contribution is 5.74. The Bertz CT molecular complexity index is 356. The Labute approximate surface area is 120 Å². The molecule has 0 aromatic rings. The summed E-state index contributed by atoms with van der Waals surface area (Å²) in [6.45, 7) is 2.97. The molecule has 3 N–H and O–H groups in total. The summed E-state index contributed by atoms with van der Waals surface area (Å²) >= 11 is 0. The lowest BCUT2D eigenvalue weighted by atomic mass is 9.86. The minimum absolute atomic E-state index is 0.100. The van der Waals surface area contributed by atoms with Gasteiger partial charge < -0.3 is 15.7 Å². The molecule has 0 atom stereocenters. The molecule has 0 aromatic heterocycles. The lowest BCUT2D eigenvalue weighted by Gasteiger charge is -2.28. The smallest absolute Gasteiger partial charge is 0.315 e. The first-order valence-corrected chi connectivity index (χ1v) is 7.76. The monoisotopic (exact) mass is 282 g/mol. The molecule has 2 amide bonds. The minimum atomic E-state index is -0.706.